The van der Waals surface area contributed by atoms with E-state index in [1.807, 2.05) is 25.3 Å². The highest BCUT2D eigenvalue weighted by Crippen LogP contribution is 2.20. The summed E-state index contributed by atoms with van der Waals surface area (Å²) in [7, 11) is 0. The molecule has 0 aliphatic carbocycles. The normalized spacial score (nSPS) is 10.8. The molecule has 0 unspecified atom stereocenters. The van der Waals surface area contributed by atoms with Crippen LogP contribution in [-0.4, -0.2) is 4.98 Å². The molecule has 1 aromatic heterocycles. The van der Waals surface area contributed by atoms with Crippen LogP contribution in [0.5, 0.6) is 5.75 Å². The molecule has 0 fully saturated rings. The Bertz CT molecular complexity index is 473. The summed E-state index contributed by atoms with van der Waals surface area (Å²) in [5.41, 5.74) is 1.34. The maximum Gasteiger partial charge on any atom is 0.124 e. The van der Waals surface area contributed by atoms with Crippen LogP contribution in [0.15, 0.2) is 30.5 Å². The van der Waals surface area contributed by atoms with Gasteiger partial charge in [-0.2, -0.15) is 0 Å². The summed E-state index contributed by atoms with van der Waals surface area (Å²) >= 11 is 1.68. The standard InChI is InChI=1S/C14H17NOS/c1-10(2)12-4-6-13(7-5-12)16-9-14-8-15-11(3)17-14/h4-8,10H,9H2,1-3H3. The Labute approximate surface area is 106 Å². The largest absolute Gasteiger partial charge is 0.488 e. The molecule has 2 aromatic rings. The maximum atomic E-state index is 5.71. The average Bonchev–Trinajstić information content (AvgIpc) is 2.73. The Morgan fingerprint density at radius 3 is 2.47 bits per heavy atom. The minimum atomic E-state index is 0.563. The number of aromatic nitrogens is 1. The van der Waals surface area contributed by atoms with Crippen molar-refractivity contribution in [3.63, 3.8) is 0 Å². The van der Waals surface area contributed by atoms with Gasteiger partial charge in [-0.05, 0) is 30.5 Å². The van der Waals surface area contributed by atoms with Gasteiger partial charge in [-0.25, -0.2) is 4.98 Å². The molecule has 3 heteroatoms. The van der Waals surface area contributed by atoms with Crippen LogP contribution in [-0.2, 0) is 6.61 Å². The summed E-state index contributed by atoms with van der Waals surface area (Å²) in [6.45, 7) is 6.99. The number of aryl methyl sites for hydroxylation is 1. The van der Waals surface area contributed by atoms with Gasteiger partial charge in [0.2, 0.25) is 0 Å². The van der Waals surface area contributed by atoms with Gasteiger partial charge >= 0.3 is 0 Å². The maximum absolute atomic E-state index is 5.71. The molecule has 0 saturated carbocycles. The lowest BCUT2D eigenvalue weighted by Gasteiger charge is -2.07. The van der Waals surface area contributed by atoms with Crippen LogP contribution in [0.3, 0.4) is 0 Å². The van der Waals surface area contributed by atoms with Crippen molar-refractivity contribution < 1.29 is 4.74 Å². The molecule has 90 valence electrons. The molecular formula is C14H17NOS. The molecule has 0 atom stereocenters. The van der Waals surface area contributed by atoms with Crippen molar-refractivity contribution in [2.24, 2.45) is 0 Å². The first kappa shape index (κ1) is 12.1. The zero-order valence-corrected chi connectivity index (χ0v) is 11.3. The van der Waals surface area contributed by atoms with Gasteiger partial charge < -0.3 is 4.74 Å². The van der Waals surface area contributed by atoms with Crippen molar-refractivity contribution in [1.29, 1.82) is 0 Å². The van der Waals surface area contributed by atoms with E-state index in [1.54, 1.807) is 11.3 Å². The molecule has 2 nitrogen and oxygen atoms in total. The van der Waals surface area contributed by atoms with Gasteiger partial charge in [-0.1, -0.05) is 26.0 Å². The van der Waals surface area contributed by atoms with E-state index < -0.39 is 0 Å². The highest BCUT2D eigenvalue weighted by molar-refractivity contribution is 7.11. The van der Waals surface area contributed by atoms with Crippen LogP contribution >= 0.6 is 11.3 Å². The lowest BCUT2D eigenvalue weighted by Crippen LogP contribution is -1.93. The van der Waals surface area contributed by atoms with Gasteiger partial charge in [0.05, 0.1) is 9.88 Å². The minimum absolute atomic E-state index is 0.563. The Kier molecular flexibility index (Phi) is 3.79. The van der Waals surface area contributed by atoms with Crippen molar-refractivity contribution >= 4 is 11.3 Å². The molecule has 0 N–H and O–H groups in total. The number of nitrogens with zero attached hydrogens (tertiary/aromatic N) is 1. The molecule has 0 radical (unpaired) electrons. The van der Waals surface area contributed by atoms with E-state index in [1.165, 1.54) is 5.56 Å². The first-order valence-electron chi connectivity index (χ1n) is 5.79. The summed E-state index contributed by atoms with van der Waals surface area (Å²) in [6, 6.07) is 8.31. The van der Waals surface area contributed by atoms with Crippen LogP contribution in [0, 0.1) is 6.92 Å². The number of hydrogen-bond acceptors (Lipinski definition) is 3. The van der Waals surface area contributed by atoms with Crippen LogP contribution in [0.4, 0.5) is 0 Å². The smallest absolute Gasteiger partial charge is 0.124 e. The van der Waals surface area contributed by atoms with E-state index >= 15 is 0 Å². The first-order chi connectivity index (χ1) is 8.15. The molecule has 0 saturated heterocycles. The molecular weight excluding hydrogens is 230 g/mol. The fourth-order valence-corrected chi connectivity index (χ4v) is 2.28. The van der Waals surface area contributed by atoms with E-state index in [0.29, 0.717) is 12.5 Å². The third-order valence-corrected chi connectivity index (χ3v) is 3.48. The molecule has 17 heavy (non-hydrogen) atoms. The molecule has 1 heterocycles. The predicted octanol–water partition coefficient (Wildman–Crippen LogP) is 4.15. The average molecular weight is 247 g/mol. The van der Waals surface area contributed by atoms with E-state index in [9.17, 15) is 0 Å². The molecule has 0 spiro atoms. The van der Waals surface area contributed by atoms with E-state index in [-0.39, 0.29) is 0 Å². The summed E-state index contributed by atoms with van der Waals surface area (Å²) in [4.78, 5) is 5.37. The lowest BCUT2D eigenvalue weighted by molar-refractivity contribution is 0.309. The van der Waals surface area contributed by atoms with Gasteiger partial charge in [0, 0.05) is 6.20 Å². The molecule has 0 aliphatic heterocycles. The van der Waals surface area contributed by atoms with E-state index in [0.717, 1.165) is 15.6 Å². The summed E-state index contributed by atoms with van der Waals surface area (Å²) < 4.78 is 5.71. The van der Waals surface area contributed by atoms with Crippen LogP contribution < -0.4 is 4.74 Å². The summed E-state index contributed by atoms with van der Waals surface area (Å²) in [5.74, 6) is 1.48. The molecule has 2 rings (SSSR count). The van der Waals surface area contributed by atoms with Gasteiger partial charge in [0.1, 0.15) is 12.4 Å². The lowest BCUT2D eigenvalue weighted by atomic mass is 10.0. The molecule has 0 bridgehead atoms. The van der Waals surface area contributed by atoms with Crippen molar-refractivity contribution in [1.82, 2.24) is 4.98 Å². The van der Waals surface area contributed by atoms with Crippen molar-refractivity contribution in [3.8, 4) is 5.75 Å². The predicted molar refractivity (Wildman–Crippen MR) is 71.7 cm³/mol. The van der Waals surface area contributed by atoms with Crippen LogP contribution in [0.25, 0.3) is 0 Å². The summed E-state index contributed by atoms with van der Waals surface area (Å²) in [6.07, 6.45) is 1.88. The topological polar surface area (TPSA) is 22.1 Å². The minimum Gasteiger partial charge on any atom is -0.488 e. The second-order valence-electron chi connectivity index (χ2n) is 4.36. The number of ether oxygens (including phenoxy) is 1. The monoisotopic (exact) mass is 247 g/mol. The summed E-state index contributed by atoms with van der Waals surface area (Å²) in [5, 5.41) is 1.08. The fourth-order valence-electron chi connectivity index (χ4n) is 1.58. The van der Waals surface area contributed by atoms with Gasteiger partial charge in [0.15, 0.2) is 0 Å². The zero-order valence-electron chi connectivity index (χ0n) is 10.4. The third kappa shape index (κ3) is 3.30. The third-order valence-electron chi connectivity index (χ3n) is 2.60. The Morgan fingerprint density at radius 1 is 1.24 bits per heavy atom. The van der Waals surface area contributed by atoms with Crippen molar-refractivity contribution in [2.75, 3.05) is 0 Å². The Morgan fingerprint density at radius 2 is 1.94 bits per heavy atom. The highest BCUT2D eigenvalue weighted by atomic mass is 32.1. The Balaban J connectivity index is 1.95. The molecule has 1 aromatic carbocycles. The fraction of sp³-hybridized carbons (Fsp3) is 0.357. The molecule has 0 amide bonds. The number of hydrogen-bond donors (Lipinski definition) is 0. The van der Waals surface area contributed by atoms with E-state index in [4.69, 9.17) is 4.74 Å². The second kappa shape index (κ2) is 5.32. The van der Waals surface area contributed by atoms with Crippen molar-refractivity contribution in [2.45, 2.75) is 33.3 Å². The van der Waals surface area contributed by atoms with Gasteiger partial charge in [-0.3, -0.25) is 0 Å². The zero-order chi connectivity index (χ0) is 12.3. The number of rotatable bonds is 4. The quantitative estimate of drug-likeness (QED) is 0.809. The van der Waals surface area contributed by atoms with E-state index in [2.05, 4.69) is 31.0 Å². The van der Waals surface area contributed by atoms with Gasteiger partial charge in [-0.15, -0.1) is 11.3 Å². The second-order valence-corrected chi connectivity index (χ2v) is 5.68. The molecule has 0 aliphatic rings. The van der Waals surface area contributed by atoms with Crippen LogP contribution in [0.1, 0.15) is 35.2 Å². The number of thiazole rings is 1. The van der Waals surface area contributed by atoms with Gasteiger partial charge in [0.25, 0.3) is 0 Å². The SMILES string of the molecule is Cc1ncc(COc2ccc(C(C)C)cc2)s1. The number of benzene rings is 1. The first-order valence-corrected chi connectivity index (χ1v) is 6.61. The van der Waals surface area contributed by atoms with Crippen molar-refractivity contribution in [3.05, 3.63) is 45.9 Å². The Hall–Kier alpha value is -1.35. The van der Waals surface area contributed by atoms with Crippen LogP contribution in [0.2, 0.25) is 0 Å². The highest BCUT2D eigenvalue weighted by Gasteiger charge is 2.01.